The molecule has 0 spiro atoms. The number of hydrogen-bond donors (Lipinski definition) is 1. The zero-order valence-corrected chi connectivity index (χ0v) is 12.6. The van der Waals surface area contributed by atoms with E-state index in [0.717, 1.165) is 25.1 Å². The molecule has 112 valence electrons. The predicted octanol–water partition coefficient (Wildman–Crippen LogP) is 3.89. The average Bonchev–Trinajstić information content (AvgIpc) is 2.43. The third kappa shape index (κ3) is 7.29. The van der Waals surface area contributed by atoms with Crippen molar-refractivity contribution in [2.24, 2.45) is 0 Å². The smallest absolute Gasteiger partial charge is 0.123 e. The fourth-order valence-corrected chi connectivity index (χ4v) is 2.04. The van der Waals surface area contributed by atoms with Crippen molar-refractivity contribution in [2.45, 2.75) is 45.6 Å². The molecule has 1 heterocycles. The van der Waals surface area contributed by atoms with Crippen LogP contribution >= 0.6 is 0 Å². The molecule has 1 aromatic rings. The van der Waals surface area contributed by atoms with Gasteiger partial charge in [0.1, 0.15) is 5.82 Å². The second-order valence-corrected chi connectivity index (χ2v) is 5.27. The van der Waals surface area contributed by atoms with E-state index >= 15 is 0 Å². The number of aliphatic hydroxyl groups excluding tert-OH is 1. The summed E-state index contributed by atoms with van der Waals surface area (Å²) in [4.78, 5) is 2.21. The van der Waals surface area contributed by atoms with E-state index in [1.165, 1.54) is 31.4 Å². The first kappa shape index (κ1) is 16.7. The molecule has 0 saturated carbocycles. The zero-order valence-electron chi connectivity index (χ0n) is 12.6. The van der Waals surface area contributed by atoms with E-state index in [4.69, 9.17) is 0 Å². The summed E-state index contributed by atoms with van der Waals surface area (Å²) in [5.41, 5.74) is 1.09. The monoisotopic (exact) mass is 279 g/mol. The van der Waals surface area contributed by atoms with Crippen LogP contribution in [0.5, 0.6) is 0 Å². The topological polar surface area (TPSA) is 23.5 Å². The molecule has 0 saturated heterocycles. The van der Waals surface area contributed by atoms with E-state index in [2.05, 4.69) is 24.1 Å². The number of aryl methyl sites for hydroxylation is 1. The normalized spacial score (nSPS) is 17.6. The summed E-state index contributed by atoms with van der Waals surface area (Å²) in [6, 6.07) is 6.40. The van der Waals surface area contributed by atoms with Crippen LogP contribution in [-0.2, 0) is 0 Å². The lowest BCUT2D eigenvalue weighted by molar-refractivity contribution is 0.126. The van der Waals surface area contributed by atoms with E-state index in [9.17, 15) is 9.50 Å². The van der Waals surface area contributed by atoms with Crippen molar-refractivity contribution in [2.75, 3.05) is 13.1 Å². The Labute approximate surface area is 121 Å². The third-order valence-corrected chi connectivity index (χ3v) is 3.23. The van der Waals surface area contributed by atoms with Gasteiger partial charge in [0.2, 0.25) is 0 Å². The van der Waals surface area contributed by atoms with Crippen molar-refractivity contribution < 1.29 is 9.50 Å². The second kappa shape index (κ2) is 9.54. The van der Waals surface area contributed by atoms with Crippen LogP contribution in [0.25, 0.3) is 0 Å². The van der Waals surface area contributed by atoms with Gasteiger partial charge in [0.15, 0.2) is 0 Å². The van der Waals surface area contributed by atoms with Gasteiger partial charge >= 0.3 is 0 Å². The summed E-state index contributed by atoms with van der Waals surface area (Å²) in [6.45, 7) is 6.06. The minimum atomic E-state index is -0.171. The minimum absolute atomic E-state index is 0.142. The lowest BCUT2D eigenvalue weighted by Gasteiger charge is -2.26. The maximum atomic E-state index is 12.1. The standard InChI is InChI=1S/C10H19NO.C7H7F/c1-2-3-4-7-11-8-5-6-10(12)9-11;1-6-2-4-7(8)5-3-6/h5,8,10,12H,2-4,6-7,9H2,1H3;2-5H,1H3. The third-order valence-electron chi connectivity index (χ3n) is 3.23. The molecule has 1 unspecified atom stereocenters. The van der Waals surface area contributed by atoms with Crippen molar-refractivity contribution >= 4 is 0 Å². The van der Waals surface area contributed by atoms with Gasteiger partial charge in [0.05, 0.1) is 6.10 Å². The Morgan fingerprint density at radius 1 is 1.25 bits per heavy atom. The number of nitrogens with zero attached hydrogens (tertiary/aromatic N) is 1. The number of β-amino-alcohol motifs (C(OH)–C–C–N with tert-alkyl or cyclic N) is 1. The number of unbranched alkanes of at least 4 members (excludes halogenated alkanes) is 2. The molecule has 2 rings (SSSR count). The van der Waals surface area contributed by atoms with Crippen molar-refractivity contribution in [3.05, 3.63) is 47.9 Å². The summed E-state index contributed by atoms with van der Waals surface area (Å²) in [5.74, 6) is -0.171. The summed E-state index contributed by atoms with van der Waals surface area (Å²) < 4.78 is 12.1. The number of halogens is 1. The fourth-order valence-electron chi connectivity index (χ4n) is 2.04. The van der Waals surface area contributed by atoms with Crippen molar-refractivity contribution in [3.63, 3.8) is 0 Å². The zero-order chi connectivity index (χ0) is 14.8. The lowest BCUT2D eigenvalue weighted by atomic mass is 10.1. The average molecular weight is 279 g/mol. The van der Waals surface area contributed by atoms with Gasteiger partial charge in [-0.25, -0.2) is 4.39 Å². The van der Waals surface area contributed by atoms with Crippen molar-refractivity contribution in [1.82, 2.24) is 4.90 Å². The summed E-state index contributed by atoms with van der Waals surface area (Å²) in [6.07, 6.45) is 8.65. The highest BCUT2D eigenvalue weighted by Crippen LogP contribution is 2.08. The highest BCUT2D eigenvalue weighted by molar-refractivity contribution is 5.13. The van der Waals surface area contributed by atoms with Crippen molar-refractivity contribution in [1.29, 1.82) is 0 Å². The van der Waals surface area contributed by atoms with Gasteiger partial charge in [-0.3, -0.25) is 0 Å². The molecule has 1 aliphatic rings. The Morgan fingerprint density at radius 3 is 2.50 bits per heavy atom. The molecule has 0 bridgehead atoms. The van der Waals surface area contributed by atoms with E-state index in [-0.39, 0.29) is 11.9 Å². The van der Waals surface area contributed by atoms with Crippen LogP contribution < -0.4 is 0 Å². The van der Waals surface area contributed by atoms with Gasteiger partial charge < -0.3 is 10.0 Å². The van der Waals surface area contributed by atoms with E-state index < -0.39 is 0 Å². The molecule has 1 N–H and O–H groups in total. The Balaban J connectivity index is 0.000000217. The fraction of sp³-hybridized carbons (Fsp3) is 0.529. The van der Waals surface area contributed by atoms with Crippen LogP contribution in [0.3, 0.4) is 0 Å². The Bertz CT molecular complexity index is 367. The van der Waals surface area contributed by atoms with Crippen molar-refractivity contribution in [3.8, 4) is 0 Å². The molecular formula is C17H26FNO. The Morgan fingerprint density at radius 2 is 1.95 bits per heavy atom. The summed E-state index contributed by atoms with van der Waals surface area (Å²) >= 11 is 0. The number of rotatable bonds is 4. The van der Waals surface area contributed by atoms with Crippen LogP contribution in [-0.4, -0.2) is 29.2 Å². The largest absolute Gasteiger partial charge is 0.391 e. The van der Waals surface area contributed by atoms with Gasteiger partial charge in [0.25, 0.3) is 0 Å². The Kier molecular flexibility index (Phi) is 7.97. The first-order valence-electron chi connectivity index (χ1n) is 7.42. The van der Waals surface area contributed by atoms with Gasteiger partial charge in [-0.2, -0.15) is 0 Å². The quantitative estimate of drug-likeness (QED) is 0.845. The number of benzene rings is 1. The molecule has 20 heavy (non-hydrogen) atoms. The molecule has 0 aromatic heterocycles. The molecular weight excluding hydrogens is 253 g/mol. The molecule has 0 aliphatic carbocycles. The molecule has 0 fully saturated rings. The molecule has 1 aliphatic heterocycles. The van der Waals surface area contributed by atoms with E-state index in [1.54, 1.807) is 12.1 Å². The van der Waals surface area contributed by atoms with E-state index in [1.807, 2.05) is 6.92 Å². The molecule has 1 aromatic carbocycles. The summed E-state index contributed by atoms with van der Waals surface area (Å²) in [7, 11) is 0. The molecule has 0 radical (unpaired) electrons. The van der Waals surface area contributed by atoms with Crippen LogP contribution in [0.1, 0.15) is 38.2 Å². The maximum Gasteiger partial charge on any atom is 0.123 e. The van der Waals surface area contributed by atoms with Crippen LogP contribution in [0.4, 0.5) is 4.39 Å². The highest BCUT2D eigenvalue weighted by Gasteiger charge is 2.10. The highest BCUT2D eigenvalue weighted by atomic mass is 19.1. The number of aliphatic hydroxyl groups is 1. The Hall–Kier alpha value is -1.35. The second-order valence-electron chi connectivity index (χ2n) is 5.27. The summed E-state index contributed by atoms with van der Waals surface area (Å²) in [5, 5.41) is 9.34. The molecule has 0 amide bonds. The predicted molar refractivity (Wildman–Crippen MR) is 82.0 cm³/mol. The minimum Gasteiger partial charge on any atom is -0.391 e. The van der Waals surface area contributed by atoms with Gasteiger partial charge in [-0.05, 0) is 38.1 Å². The first-order chi connectivity index (χ1) is 9.61. The van der Waals surface area contributed by atoms with Crippen LogP contribution in [0.2, 0.25) is 0 Å². The molecule has 2 nitrogen and oxygen atoms in total. The van der Waals surface area contributed by atoms with E-state index in [0.29, 0.717) is 0 Å². The number of hydrogen-bond acceptors (Lipinski definition) is 2. The lowest BCUT2D eigenvalue weighted by Crippen LogP contribution is -2.31. The molecule has 1 atom stereocenters. The van der Waals surface area contributed by atoms with Gasteiger partial charge in [-0.15, -0.1) is 0 Å². The van der Waals surface area contributed by atoms with Gasteiger partial charge in [-0.1, -0.05) is 43.5 Å². The van der Waals surface area contributed by atoms with Crippen LogP contribution in [0, 0.1) is 12.7 Å². The van der Waals surface area contributed by atoms with Gasteiger partial charge in [0, 0.05) is 13.1 Å². The SMILES string of the molecule is CCCCCN1C=CCC(O)C1.Cc1ccc(F)cc1. The van der Waals surface area contributed by atoms with Crippen LogP contribution in [0.15, 0.2) is 36.5 Å². The molecule has 3 heteroatoms. The first-order valence-corrected chi connectivity index (χ1v) is 7.42. The maximum absolute atomic E-state index is 12.1.